The third-order valence-corrected chi connectivity index (χ3v) is 2.91. The number of rotatable bonds is 3. The molecule has 0 bridgehead atoms. The summed E-state index contributed by atoms with van der Waals surface area (Å²) in [5, 5.41) is 0. The Morgan fingerprint density at radius 3 is 2.79 bits per heavy atom. The van der Waals surface area contributed by atoms with E-state index in [-0.39, 0.29) is 11.3 Å². The van der Waals surface area contributed by atoms with Crippen molar-refractivity contribution < 1.29 is 4.79 Å². The molecule has 1 aliphatic rings. The van der Waals surface area contributed by atoms with E-state index in [0.29, 0.717) is 6.04 Å². The Balaban J connectivity index is 2.71. The van der Waals surface area contributed by atoms with Gasteiger partial charge in [0.15, 0.2) is 0 Å². The number of carbonyl (C=O) groups excluding carboxylic acids is 1. The molecule has 1 heterocycles. The Hall–Kier alpha value is -0.790. The smallest absolute Gasteiger partial charge is 0.246 e. The van der Waals surface area contributed by atoms with Crippen molar-refractivity contribution in [2.75, 3.05) is 6.54 Å². The van der Waals surface area contributed by atoms with Crippen molar-refractivity contribution in [1.82, 2.24) is 4.90 Å². The molecule has 0 saturated carbocycles. The van der Waals surface area contributed by atoms with Crippen LogP contribution in [-0.4, -0.2) is 23.4 Å². The molecule has 1 rings (SSSR count). The third kappa shape index (κ3) is 2.37. The molecule has 1 unspecified atom stereocenters. The van der Waals surface area contributed by atoms with Gasteiger partial charge in [-0.15, -0.1) is 0 Å². The molecule has 0 spiro atoms. The summed E-state index contributed by atoms with van der Waals surface area (Å²) in [5.74, 6) is 0.0917. The molecule has 1 fully saturated rings. The quantitative estimate of drug-likeness (QED) is 0.634. The van der Waals surface area contributed by atoms with Gasteiger partial charge in [-0.1, -0.05) is 33.8 Å². The van der Waals surface area contributed by atoms with Gasteiger partial charge in [0.05, 0.1) is 0 Å². The highest BCUT2D eigenvalue weighted by Gasteiger charge is 2.38. The molecular formula is C12H21NO. The van der Waals surface area contributed by atoms with Gasteiger partial charge in [-0.05, 0) is 24.3 Å². The molecule has 1 saturated heterocycles. The molecule has 1 amide bonds. The van der Waals surface area contributed by atoms with E-state index >= 15 is 0 Å². The van der Waals surface area contributed by atoms with E-state index in [9.17, 15) is 4.79 Å². The minimum atomic E-state index is 0.0917. The van der Waals surface area contributed by atoms with Crippen LogP contribution in [0.5, 0.6) is 0 Å². The molecule has 2 heteroatoms. The van der Waals surface area contributed by atoms with Crippen LogP contribution in [0.4, 0.5) is 0 Å². The van der Waals surface area contributed by atoms with Crippen molar-refractivity contribution >= 4 is 5.91 Å². The van der Waals surface area contributed by atoms with E-state index in [1.54, 1.807) is 0 Å². The molecule has 80 valence electrons. The molecule has 1 atom stereocenters. The maximum atomic E-state index is 11.6. The van der Waals surface area contributed by atoms with Crippen LogP contribution in [0.1, 0.15) is 40.0 Å². The number of hydrogen-bond acceptors (Lipinski definition) is 1. The standard InChI is InChI=1S/C12H21NO/c1-5-7-10-8-12(3,4)9-13(10)11(14)6-2/h6,10H,2,5,7-9H2,1,3-4H3. The summed E-state index contributed by atoms with van der Waals surface area (Å²) in [6.07, 6.45) is 4.81. The minimum Gasteiger partial charge on any atom is -0.336 e. The Labute approximate surface area is 87.0 Å². The molecular weight excluding hydrogens is 174 g/mol. The molecule has 2 nitrogen and oxygen atoms in total. The lowest BCUT2D eigenvalue weighted by Gasteiger charge is -2.22. The lowest BCUT2D eigenvalue weighted by molar-refractivity contribution is -0.127. The van der Waals surface area contributed by atoms with Crippen LogP contribution >= 0.6 is 0 Å². The predicted molar refractivity (Wildman–Crippen MR) is 59.0 cm³/mol. The van der Waals surface area contributed by atoms with Gasteiger partial charge in [-0.25, -0.2) is 0 Å². The molecule has 1 aliphatic heterocycles. The Morgan fingerprint density at radius 2 is 2.29 bits per heavy atom. The molecule has 0 aromatic heterocycles. The number of nitrogens with zero attached hydrogens (tertiary/aromatic N) is 1. The SMILES string of the molecule is C=CC(=O)N1CC(C)(C)CC1CCC. The van der Waals surface area contributed by atoms with Gasteiger partial charge in [-0.2, -0.15) is 0 Å². The van der Waals surface area contributed by atoms with Gasteiger partial charge < -0.3 is 4.90 Å². The van der Waals surface area contributed by atoms with E-state index in [2.05, 4.69) is 27.4 Å². The number of amides is 1. The van der Waals surface area contributed by atoms with Crippen LogP contribution in [0, 0.1) is 5.41 Å². The molecule has 14 heavy (non-hydrogen) atoms. The zero-order valence-electron chi connectivity index (χ0n) is 9.55. The molecule has 0 aliphatic carbocycles. The second kappa shape index (κ2) is 4.16. The second-order valence-electron chi connectivity index (χ2n) is 4.98. The van der Waals surface area contributed by atoms with E-state index in [4.69, 9.17) is 0 Å². The number of likely N-dealkylation sites (tertiary alicyclic amines) is 1. The fraction of sp³-hybridized carbons (Fsp3) is 0.750. The average Bonchev–Trinajstić information content (AvgIpc) is 2.41. The van der Waals surface area contributed by atoms with Crippen LogP contribution in [-0.2, 0) is 4.79 Å². The molecule has 0 aromatic carbocycles. The third-order valence-electron chi connectivity index (χ3n) is 2.91. The zero-order valence-corrected chi connectivity index (χ0v) is 9.55. The van der Waals surface area contributed by atoms with Crippen LogP contribution < -0.4 is 0 Å². The summed E-state index contributed by atoms with van der Waals surface area (Å²) < 4.78 is 0. The van der Waals surface area contributed by atoms with Crippen LogP contribution in [0.3, 0.4) is 0 Å². The van der Waals surface area contributed by atoms with Gasteiger partial charge in [-0.3, -0.25) is 4.79 Å². The topological polar surface area (TPSA) is 20.3 Å². The maximum Gasteiger partial charge on any atom is 0.246 e. The van der Waals surface area contributed by atoms with Crippen LogP contribution in [0.2, 0.25) is 0 Å². The monoisotopic (exact) mass is 195 g/mol. The first-order valence-electron chi connectivity index (χ1n) is 5.43. The van der Waals surface area contributed by atoms with Gasteiger partial charge in [0.25, 0.3) is 0 Å². The molecule has 0 aromatic rings. The summed E-state index contributed by atoms with van der Waals surface area (Å²) in [4.78, 5) is 13.6. The fourth-order valence-electron chi connectivity index (χ4n) is 2.37. The molecule has 0 N–H and O–H groups in total. The first-order chi connectivity index (χ1) is 6.50. The summed E-state index contributed by atoms with van der Waals surface area (Å²) >= 11 is 0. The Kier molecular flexibility index (Phi) is 3.35. The second-order valence-corrected chi connectivity index (χ2v) is 4.98. The largest absolute Gasteiger partial charge is 0.336 e. The summed E-state index contributed by atoms with van der Waals surface area (Å²) in [6, 6.07) is 0.431. The zero-order chi connectivity index (χ0) is 10.8. The van der Waals surface area contributed by atoms with Gasteiger partial charge in [0.2, 0.25) is 5.91 Å². The summed E-state index contributed by atoms with van der Waals surface area (Å²) in [5.41, 5.74) is 0.276. The van der Waals surface area contributed by atoms with Crippen molar-refractivity contribution in [3.63, 3.8) is 0 Å². The van der Waals surface area contributed by atoms with Gasteiger partial charge >= 0.3 is 0 Å². The normalized spacial score (nSPS) is 25.1. The number of hydrogen-bond donors (Lipinski definition) is 0. The van der Waals surface area contributed by atoms with Crippen LogP contribution in [0.25, 0.3) is 0 Å². The van der Waals surface area contributed by atoms with E-state index < -0.39 is 0 Å². The summed E-state index contributed by atoms with van der Waals surface area (Å²) in [6.45, 7) is 11.1. The van der Waals surface area contributed by atoms with Gasteiger partial charge in [0.1, 0.15) is 0 Å². The van der Waals surface area contributed by atoms with Crippen LogP contribution in [0.15, 0.2) is 12.7 Å². The highest BCUT2D eigenvalue weighted by Crippen LogP contribution is 2.35. The Bertz CT molecular complexity index is 232. The minimum absolute atomic E-state index is 0.0917. The predicted octanol–water partition coefficient (Wildman–Crippen LogP) is 2.60. The van der Waals surface area contributed by atoms with E-state index in [1.807, 2.05) is 4.90 Å². The van der Waals surface area contributed by atoms with Gasteiger partial charge in [0, 0.05) is 12.6 Å². The maximum absolute atomic E-state index is 11.6. The number of carbonyl (C=O) groups is 1. The van der Waals surface area contributed by atoms with Crippen molar-refractivity contribution in [2.45, 2.75) is 46.1 Å². The highest BCUT2D eigenvalue weighted by molar-refractivity contribution is 5.87. The lowest BCUT2D eigenvalue weighted by Crippen LogP contribution is -2.34. The van der Waals surface area contributed by atoms with E-state index in [1.165, 1.54) is 6.08 Å². The van der Waals surface area contributed by atoms with Crippen molar-refractivity contribution in [3.8, 4) is 0 Å². The lowest BCUT2D eigenvalue weighted by atomic mass is 9.90. The van der Waals surface area contributed by atoms with E-state index in [0.717, 1.165) is 25.8 Å². The first kappa shape index (κ1) is 11.3. The fourth-order valence-corrected chi connectivity index (χ4v) is 2.37. The van der Waals surface area contributed by atoms with Crippen molar-refractivity contribution in [1.29, 1.82) is 0 Å². The molecule has 0 radical (unpaired) electrons. The van der Waals surface area contributed by atoms with Crippen molar-refractivity contribution in [2.24, 2.45) is 5.41 Å². The summed E-state index contributed by atoms with van der Waals surface area (Å²) in [7, 11) is 0. The average molecular weight is 195 g/mol. The van der Waals surface area contributed by atoms with Crippen molar-refractivity contribution in [3.05, 3.63) is 12.7 Å². The Morgan fingerprint density at radius 1 is 1.64 bits per heavy atom. The highest BCUT2D eigenvalue weighted by atomic mass is 16.2. The first-order valence-corrected chi connectivity index (χ1v) is 5.43.